The van der Waals surface area contributed by atoms with E-state index in [0.29, 0.717) is 42.7 Å². The smallest absolute Gasteiger partial charge is 0.288 e. The minimum absolute atomic E-state index is 0.0263. The van der Waals surface area contributed by atoms with Crippen LogP contribution in [0.25, 0.3) is 0 Å². The third-order valence-corrected chi connectivity index (χ3v) is 9.90. The number of hydrogen-bond donors (Lipinski definition) is 0. The van der Waals surface area contributed by atoms with Crippen LogP contribution in [0.5, 0.6) is 0 Å². The van der Waals surface area contributed by atoms with E-state index >= 15 is 8.78 Å². The summed E-state index contributed by atoms with van der Waals surface area (Å²) in [5.41, 5.74) is 2.08. The predicted octanol–water partition coefficient (Wildman–Crippen LogP) is 10.6. The maximum Gasteiger partial charge on any atom is 0.288 e. The first kappa shape index (κ1) is 30.9. The molecule has 0 unspecified atom stereocenters. The zero-order chi connectivity index (χ0) is 31.8. The van der Waals surface area contributed by atoms with Crippen molar-refractivity contribution in [2.75, 3.05) is 4.90 Å². The van der Waals surface area contributed by atoms with Gasteiger partial charge in [0.15, 0.2) is 0 Å². The average Bonchev–Trinajstić information content (AvgIpc) is 3.47. The molecular formula is C34H29Cl2F2N3O4. The summed E-state index contributed by atoms with van der Waals surface area (Å²) < 4.78 is 32.0. The van der Waals surface area contributed by atoms with Crippen molar-refractivity contribution in [2.24, 2.45) is 0 Å². The molecule has 0 aromatic heterocycles. The summed E-state index contributed by atoms with van der Waals surface area (Å²) >= 11 is 12.2. The molecular weight excluding hydrogens is 623 g/mol. The van der Waals surface area contributed by atoms with Crippen LogP contribution in [0, 0.1) is 31.9 Å². The van der Waals surface area contributed by atoms with Crippen molar-refractivity contribution < 1.29 is 18.6 Å². The predicted molar refractivity (Wildman–Crippen MR) is 170 cm³/mol. The average molecular weight is 653 g/mol. The van der Waals surface area contributed by atoms with Crippen molar-refractivity contribution in [2.45, 2.75) is 62.4 Å². The number of rotatable bonds is 7. The van der Waals surface area contributed by atoms with Crippen molar-refractivity contribution >= 4 is 40.3 Å². The van der Waals surface area contributed by atoms with Gasteiger partial charge in [0.2, 0.25) is 0 Å². The Morgan fingerprint density at radius 3 is 1.56 bits per heavy atom. The number of nitro benzene ring substituents is 2. The Balaban J connectivity index is 1.37. The fourth-order valence-corrected chi connectivity index (χ4v) is 7.50. The van der Waals surface area contributed by atoms with E-state index in [9.17, 15) is 20.2 Å². The van der Waals surface area contributed by atoms with Crippen molar-refractivity contribution in [1.82, 2.24) is 0 Å². The SMILES string of the molecule is O=[N+]([O-])c1cc([C@H]2CC[C@H](c3ccc(Cl)c([N+](=O)[O-])c3)N2c2cc(F)c(C3CCC(c4ccccc4)CC3)c(F)c2)ccc1Cl. The Morgan fingerprint density at radius 2 is 1.09 bits per heavy atom. The second-order valence-electron chi connectivity index (χ2n) is 11.7. The Morgan fingerprint density at radius 1 is 0.622 bits per heavy atom. The third kappa shape index (κ3) is 6.11. The first-order valence-electron chi connectivity index (χ1n) is 14.8. The van der Waals surface area contributed by atoms with Crippen LogP contribution in [0.1, 0.15) is 84.7 Å². The zero-order valence-electron chi connectivity index (χ0n) is 24.0. The molecule has 4 aromatic rings. The second-order valence-corrected chi connectivity index (χ2v) is 12.5. The molecule has 1 saturated heterocycles. The molecule has 0 amide bonds. The maximum absolute atomic E-state index is 16.0. The highest BCUT2D eigenvalue weighted by atomic mass is 35.5. The molecule has 232 valence electrons. The number of hydrogen-bond acceptors (Lipinski definition) is 5. The van der Waals surface area contributed by atoms with Crippen LogP contribution in [0.15, 0.2) is 78.9 Å². The Kier molecular flexibility index (Phi) is 8.75. The largest absolute Gasteiger partial charge is 0.357 e. The number of anilines is 1. The van der Waals surface area contributed by atoms with Gasteiger partial charge in [-0.05, 0) is 91.3 Å². The first-order valence-corrected chi connectivity index (χ1v) is 15.6. The second kappa shape index (κ2) is 12.7. The topological polar surface area (TPSA) is 89.5 Å². The summed E-state index contributed by atoms with van der Waals surface area (Å²) in [5, 5.41) is 23.3. The van der Waals surface area contributed by atoms with Gasteiger partial charge in [0, 0.05) is 23.4 Å². The molecule has 45 heavy (non-hydrogen) atoms. The van der Waals surface area contributed by atoms with Crippen molar-refractivity contribution in [3.63, 3.8) is 0 Å². The molecule has 7 nitrogen and oxygen atoms in total. The highest BCUT2D eigenvalue weighted by molar-refractivity contribution is 6.33. The van der Waals surface area contributed by atoms with Gasteiger partial charge in [0.1, 0.15) is 21.7 Å². The molecule has 1 saturated carbocycles. The van der Waals surface area contributed by atoms with Gasteiger partial charge in [0.25, 0.3) is 11.4 Å². The lowest BCUT2D eigenvalue weighted by Crippen LogP contribution is -2.27. The van der Waals surface area contributed by atoms with Crippen LogP contribution in [-0.2, 0) is 0 Å². The van der Waals surface area contributed by atoms with Crippen LogP contribution < -0.4 is 4.90 Å². The van der Waals surface area contributed by atoms with Crippen LogP contribution in [0.3, 0.4) is 0 Å². The summed E-state index contributed by atoms with van der Waals surface area (Å²) in [6.07, 6.45) is 3.91. The van der Waals surface area contributed by atoms with Crippen LogP contribution in [-0.4, -0.2) is 9.85 Å². The van der Waals surface area contributed by atoms with Gasteiger partial charge in [-0.25, -0.2) is 8.78 Å². The summed E-state index contributed by atoms with van der Waals surface area (Å²) in [4.78, 5) is 24.0. The lowest BCUT2D eigenvalue weighted by atomic mass is 9.76. The van der Waals surface area contributed by atoms with E-state index in [1.165, 1.54) is 42.0 Å². The van der Waals surface area contributed by atoms with Gasteiger partial charge in [-0.3, -0.25) is 20.2 Å². The Bertz CT molecular complexity index is 1670. The molecule has 0 radical (unpaired) electrons. The summed E-state index contributed by atoms with van der Waals surface area (Å²) in [7, 11) is 0. The van der Waals surface area contributed by atoms with E-state index in [0.717, 1.165) is 12.8 Å². The molecule has 1 heterocycles. The summed E-state index contributed by atoms with van der Waals surface area (Å²) in [6.45, 7) is 0. The number of halogens is 4. The molecule has 0 spiro atoms. The lowest BCUT2D eigenvalue weighted by molar-refractivity contribution is -0.384. The zero-order valence-corrected chi connectivity index (χ0v) is 25.6. The van der Waals surface area contributed by atoms with Crippen LogP contribution >= 0.6 is 23.2 Å². The summed E-state index contributed by atoms with van der Waals surface area (Å²) in [5.74, 6) is -1.21. The third-order valence-electron chi connectivity index (χ3n) is 9.26. The monoisotopic (exact) mass is 651 g/mol. The van der Waals surface area contributed by atoms with E-state index in [4.69, 9.17) is 23.2 Å². The van der Waals surface area contributed by atoms with Gasteiger partial charge in [-0.2, -0.15) is 0 Å². The number of nitro groups is 2. The fourth-order valence-electron chi connectivity index (χ4n) is 7.13. The Labute approximate surface area is 268 Å². The maximum atomic E-state index is 16.0. The fraction of sp³-hybridized carbons (Fsp3) is 0.294. The highest BCUT2D eigenvalue weighted by Gasteiger charge is 2.38. The molecule has 2 atom stereocenters. The van der Waals surface area contributed by atoms with Crippen molar-refractivity contribution in [1.29, 1.82) is 0 Å². The van der Waals surface area contributed by atoms with E-state index in [2.05, 4.69) is 12.1 Å². The lowest BCUT2D eigenvalue weighted by Gasteiger charge is -2.34. The first-order chi connectivity index (χ1) is 21.6. The van der Waals surface area contributed by atoms with Gasteiger partial charge in [-0.15, -0.1) is 0 Å². The molecule has 2 fully saturated rings. The minimum atomic E-state index is -0.651. The van der Waals surface area contributed by atoms with E-state index in [1.807, 2.05) is 18.2 Å². The molecule has 6 rings (SSSR count). The Hall–Kier alpha value is -4.08. The van der Waals surface area contributed by atoms with Gasteiger partial charge in [0.05, 0.1) is 21.9 Å². The van der Waals surface area contributed by atoms with Gasteiger partial charge in [-0.1, -0.05) is 65.7 Å². The van der Waals surface area contributed by atoms with Crippen LogP contribution in [0.4, 0.5) is 25.8 Å². The summed E-state index contributed by atoms with van der Waals surface area (Å²) in [6, 6.07) is 20.7. The standard InChI is InChI=1S/C34H29Cl2F2N3O4/c35-26-12-10-23(16-32(26)40(42)43)30-14-15-31(24-11-13-27(36)33(17-24)41(44)45)39(30)25-18-28(37)34(29(38)19-25)22-8-6-21(7-9-22)20-4-2-1-3-5-20/h1-5,10-13,16-19,21-22,30-31H,6-9,14-15H2/t21?,22?,30-,31-/m1/s1. The van der Waals surface area contributed by atoms with Gasteiger partial charge >= 0.3 is 0 Å². The molecule has 1 aliphatic carbocycles. The minimum Gasteiger partial charge on any atom is -0.357 e. The van der Waals surface area contributed by atoms with Crippen LogP contribution in [0.2, 0.25) is 10.0 Å². The highest BCUT2D eigenvalue weighted by Crippen LogP contribution is 2.50. The normalized spacial score (nSPS) is 21.6. The van der Waals surface area contributed by atoms with E-state index in [-0.39, 0.29) is 38.6 Å². The molecule has 4 aromatic carbocycles. The number of benzene rings is 4. The number of nitrogens with zero attached hydrogens (tertiary/aromatic N) is 3. The molecule has 0 bridgehead atoms. The molecule has 11 heteroatoms. The van der Waals surface area contributed by atoms with E-state index in [1.54, 1.807) is 17.0 Å². The van der Waals surface area contributed by atoms with E-state index < -0.39 is 33.6 Å². The van der Waals surface area contributed by atoms with Crippen molar-refractivity contribution in [3.8, 4) is 0 Å². The quantitative estimate of drug-likeness (QED) is 0.146. The van der Waals surface area contributed by atoms with Crippen molar-refractivity contribution in [3.05, 3.63) is 143 Å². The van der Waals surface area contributed by atoms with Gasteiger partial charge < -0.3 is 4.90 Å². The molecule has 1 aliphatic heterocycles. The molecule has 0 N–H and O–H groups in total. The molecule has 2 aliphatic rings.